The molecule has 0 unspecified atom stereocenters. The molecule has 0 amide bonds. The van der Waals surface area contributed by atoms with Crippen molar-refractivity contribution in [1.82, 2.24) is 4.90 Å². The third kappa shape index (κ3) is 3.93. The molecule has 0 fully saturated rings. The van der Waals surface area contributed by atoms with Crippen LogP contribution in [-0.4, -0.2) is 33.0 Å². The number of hydrogen-bond acceptors (Lipinski definition) is 3. The van der Waals surface area contributed by atoms with E-state index in [-0.39, 0.29) is 0 Å². The second-order valence-corrected chi connectivity index (χ2v) is 6.75. The van der Waals surface area contributed by atoms with E-state index in [0.717, 1.165) is 23.9 Å². The van der Waals surface area contributed by atoms with Crippen LogP contribution in [-0.2, 0) is 9.84 Å². The molecule has 2 aromatic rings. The largest absolute Gasteiger partial charge is 0.300 e. The molecule has 2 rings (SSSR count). The molecule has 4 heteroatoms. The first-order valence-electron chi connectivity index (χ1n) is 7.19. The van der Waals surface area contributed by atoms with E-state index in [2.05, 4.69) is 18.7 Å². The van der Waals surface area contributed by atoms with E-state index < -0.39 is 9.84 Å². The smallest absolute Gasteiger partial charge is 0.199 e. The van der Waals surface area contributed by atoms with Crippen molar-refractivity contribution in [2.75, 3.05) is 19.6 Å². The third-order valence-electron chi connectivity index (χ3n) is 3.58. The summed E-state index contributed by atoms with van der Waals surface area (Å²) < 4.78 is 24.7. The number of benzene rings is 2. The minimum absolute atomic E-state index is 0.344. The van der Waals surface area contributed by atoms with Crippen molar-refractivity contribution >= 4 is 20.6 Å². The van der Waals surface area contributed by atoms with Gasteiger partial charge in [0.2, 0.25) is 0 Å². The standard InChI is InChI=1S/C17H21NO2S/c1-3-18(4-2)12-7-13-21(19,20)17-11-10-15-8-5-6-9-16(15)14-17/h5-11,13-14H,3-4,12H2,1-2H3/b13-7+. The van der Waals surface area contributed by atoms with Gasteiger partial charge in [-0.3, -0.25) is 0 Å². The molecule has 0 atom stereocenters. The highest BCUT2D eigenvalue weighted by molar-refractivity contribution is 7.94. The van der Waals surface area contributed by atoms with E-state index in [1.807, 2.05) is 30.3 Å². The molecule has 0 saturated heterocycles. The maximum atomic E-state index is 12.3. The van der Waals surface area contributed by atoms with Gasteiger partial charge in [0.1, 0.15) is 0 Å². The topological polar surface area (TPSA) is 37.4 Å². The minimum Gasteiger partial charge on any atom is -0.300 e. The van der Waals surface area contributed by atoms with Crippen LogP contribution in [0.3, 0.4) is 0 Å². The molecule has 0 aliphatic carbocycles. The van der Waals surface area contributed by atoms with Gasteiger partial charge in [0.15, 0.2) is 9.84 Å². The van der Waals surface area contributed by atoms with Gasteiger partial charge in [0.25, 0.3) is 0 Å². The summed E-state index contributed by atoms with van der Waals surface area (Å²) in [5.74, 6) is 0. The molecule has 112 valence electrons. The van der Waals surface area contributed by atoms with Crippen molar-refractivity contribution in [2.24, 2.45) is 0 Å². The predicted molar refractivity (Wildman–Crippen MR) is 88.1 cm³/mol. The summed E-state index contributed by atoms with van der Waals surface area (Å²) in [6, 6.07) is 13.0. The average molecular weight is 303 g/mol. The Kier molecular flexibility index (Phi) is 5.15. The van der Waals surface area contributed by atoms with Gasteiger partial charge in [-0.1, -0.05) is 50.3 Å². The van der Waals surface area contributed by atoms with Crippen LogP contribution in [0.1, 0.15) is 13.8 Å². The van der Waals surface area contributed by atoms with E-state index in [9.17, 15) is 8.42 Å². The monoisotopic (exact) mass is 303 g/mol. The van der Waals surface area contributed by atoms with Crippen LogP contribution in [0.25, 0.3) is 10.8 Å². The van der Waals surface area contributed by atoms with Crippen molar-refractivity contribution < 1.29 is 8.42 Å². The Labute approximate surface area is 126 Å². The fourth-order valence-corrected chi connectivity index (χ4v) is 3.27. The van der Waals surface area contributed by atoms with Crippen LogP contribution in [0.15, 0.2) is 58.8 Å². The Bertz CT molecular complexity index is 731. The molecule has 0 radical (unpaired) electrons. The Morgan fingerprint density at radius 2 is 1.67 bits per heavy atom. The summed E-state index contributed by atoms with van der Waals surface area (Å²) in [7, 11) is -3.37. The van der Waals surface area contributed by atoms with E-state index in [1.165, 1.54) is 5.41 Å². The zero-order valence-electron chi connectivity index (χ0n) is 12.5. The van der Waals surface area contributed by atoms with Gasteiger partial charge in [-0.05, 0) is 36.0 Å². The normalized spacial score (nSPS) is 12.5. The van der Waals surface area contributed by atoms with Crippen molar-refractivity contribution in [3.05, 3.63) is 53.9 Å². The molecule has 0 N–H and O–H groups in total. The summed E-state index contributed by atoms with van der Waals surface area (Å²) in [6.07, 6.45) is 1.72. The summed E-state index contributed by atoms with van der Waals surface area (Å²) in [4.78, 5) is 2.50. The second-order valence-electron chi connectivity index (χ2n) is 4.91. The molecule has 0 bridgehead atoms. The first-order valence-corrected chi connectivity index (χ1v) is 8.74. The molecule has 0 saturated carbocycles. The molecule has 2 aromatic carbocycles. The van der Waals surface area contributed by atoms with Crippen LogP contribution in [0, 0.1) is 0 Å². The summed E-state index contributed by atoms with van der Waals surface area (Å²) in [5, 5.41) is 3.30. The highest BCUT2D eigenvalue weighted by Crippen LogP contribution is 2.20. The van der Waals surface area contributed by atoms with Gasteiger partial charge in [-0.15, -0.1) is 0 Å². The zero-order chi connectivity index (χ0) is 15.3. The van der Waals surface area contributed by atoms with Crippen molar-refractivity contribution in [2.45, 2.75) is 18.7 Å². The zero-order valence-corrected chi connectivity index (χ0v) is 13.3. The highest BCUT2D eigenvalue weighted by Gasteiger charge is 2.10. The van der Waals surface area contributed by atoms with Crippen LogP contribution < -0.4 is 0 Å². The van der Waals surface area contributed by atoms with E-state index >= 15 is 0 Å². The molecule has 0 spiro atoms. The lowest BCUT2D eigenvalue weighted by Gasteiger charge is -2.14. The fourth-order valence-electron chi connectivity index (χ4n) is 2.22. The maximum Gasteiger partial charge on any atom is 0.199 e. The molecular formula is C17H21NO2S. The Morgan fingerprint density at radius 1 is 1.00 bits per heavy atom. The van der Waals surface area contributed by atoms with Crippen molar-refractivity contribution in [3.8, 4) is 0 Å². The van der Waals surface area contributed by atoms with Crippen molar-refractivity contribution in [3.63, 3.8) is 0 Å². The van der Waals surface area contributed by atoms with Gasteiger partial charge in [0.05, 0.1) is 4.90 Å². The van der Waals surface area contributed by atoms with E-state index in [0.29, 0.717) is 11.4 Å². The van der Waals surface area contributed by atoms with Gasteiger partial charge in [0, 0.05) is 12.0 Å². The van der Waals surface area contributed by atoms with Gasteiger partial charge in [-0.2, -0.15) is 0 Å². The lowest BCUT2D eigenvalue weighted by Crippen LogP contribution is -2.22. The molecule has 0 aliphatic rings. The number of fused-ring (bicyclic) bond motifs is 1. The molecule has 21 heavy (non-hydrogen) atoms. The minimum atomic E-state index is -3.37. The number of rotatable bonds is 6. The number of hydrogen-bond donors (Lipinski definition) is 0. The average Bonchev–Trinajstić information content (AvgIpc) is 2.51. The summed E-state index contributed by atoms with van der Waals surface area (Å²) >= 11 is 0. The van der Waals surface area contributed by atoms with Crippen LogP contribution in [0.5, 0.6) is 0 Å². The SMILES string of the molecule is CCN(CC)C/C=C/S(=O)(=O)c1ccc2ccccc2c1. The lowest BCUT2D eigenvalue weighted by atomic mass is 10.1. The number of likely N-dealkylation sites (N-methyl/N-ethyl adjacent to an activating group) is 1. The molecular weight excluding hydrogens is 282 g/mol. The highest BCUT2D eigenvalue weighted by atomic mass is 32.2. The van der Waals surface area contributed by atoms with Gasteiger partial charge >= 0.3 is 0 Å². The van der Waals surface area contributed by atoms with Crippen molar-refractivity contribution in [1.29, 1.82) is 0 Å². The third-order valence-corrected chi connectivity index (χ3v) is 5.04. The lowest BCUT2D eigenvalue weighted by molar-refractivity contribution is 0.337. The quantitative estimate of drug-likeness (QED) is 0.820. The first-order chi connectivity index (χ1) is 10.1. The van der Waals surface area contributed by atoms with Crippen LogP contribution in [0.2, 0.25) is 0 Å². The molecule has 0 aromatic heterocycles. The molecule has 0 heterocycles. The van der Waals surface area contributed by atoms with Gasteiger partial charge in [-0.25, -0.2) is 8.42 Å². The number of sulfone groups is 1. The predicted octanol–water partition coefficient (Wildman–Crippen LogP) is 3.47. The summed E-state index contributed by atoms with van der Waals surface area (Å²) in [6.45, 7) is 6.61. The Balaban J connectivity index is 2.23. The van der Waals surface area contributed by atoms with Crippen LogP contribution in [0.4, 0.5) is 0 Å². The van der Waals surface area contributed by atoms with E-state index in [1.54, 1.807) is 18.2 Å². The first kappa shape index (κ1) is 15.7. The summed E-state index contributed by atoms with van der Waals surface area (Å²) in [5.41, 5.74) is 0. The Hall–Kier alpha value is -1.65. The molecule has 0 aliphatic heterocycles. The van der Waals surface area contributed by atoms with Gasteiger partial charge < -0.3 is 4.90 Å². The van der Waals surface area contributed by atoms with Crippen LogP contribution >= 0.6 is 0 Å². The molecule has 3 nitrogen and oxygen atoms in total. The maximum absolute atomic E-state index is 12.3. The fraction of sp³-hybridized carbons (Fsp3) is 0.294. The Morgan fingerprint density at radius 3 is 2.33 bits per heavy atom. The number of nitrogens with zero attached hydrogens (tertiary/aromatic N) is 1. The van der Waals surface area contributed by atoms with E-state index in [4.69, 9.17) is 0 Å². The second kappa shape index (κ2) is 6.87.